The quantitative estimate of drug-likeness (QED) is 0.422. The molecule has 3 rings (SSSR count). The van der Waals surface area contributed by atoms with Crippen molar-refractivity contribution < 1.29 is 24.0 Å². The summed E-state index contributed by atoms with van der Waals surface area (Å²) in [6.07, 6.45) is 11.0. The Morgan fingerprint density at radius 3 is 2.10 bits per heavy atom. The maximum Gasteiger partial charge on any atom is 0.533 e. The number of rotatable bonds is 1. The van der Waals surface area contributed by atoms with Gasteiger partial charge in [-0.3, -0.25) is 14.4 Å². The summed E-state index contributed by atoms with van der Waals surface area (Å²) in [6.45, 7) is 0. The Labute approximate surface area is 124 Å². The zero-order valence-electron chi connectivity index (χ0n) is 12.2. The fourth-order valence-electron chi connectivity index (χ4n) is 2.64. The molecule has 0 aromatic carbocycles. The van der Waals surface area contributed by atoms with Gasteiger partial charge in [0.05, 0.1) is 7.11 Å². The van der Waals surface area contributed by atoms with Crippen LogP contribution in [-0.2, 0) is 19.2 Å². The molecule has 2 aliphatic carbocycles. The van der Waals surface area contributed by atoms with Crippen LogP contribution in [0.25, 0.3) is 0 Å². The topological polar surface area (TPSA) is 72.9 Å². The highest BCUT2D eigenvalue weighted by Crippen LogP contribution is 2.46. The fourth-order valence-corrected chi connectivity index (χ4v) is 2.64. The van der Waals surface area contributed by atoms with Crippen LogP contribution >= 0.6 is 0 Å². The Morgan fingerprint density at radius 1 is 1.10 bits per heavy atom. The summed E-state index contributed by atoms with van der Waals surface area (Å²) in [6, 6.07) is 0. The second-order valence-electron chi connectivity index (χ2n) is 5.51. The Kier molecular flexibility index (Phi) is 5.36. The lowest BCUT2D eigenvalue weighted by Crippen LogP contribution is -2.31. The number of hydroxylamine groups is 2. The van der Waals surface area contributed by atoms with Crippen LogP contribution in [0.2, 0.25) is 0 Å². The third-order valence-electron chi connectivity index (χ3n) is 3.98. The molecular formula is C15H21NO5. The van der Waals surface area contributed by atoms with Crippen molar-refractivity contribution in [2.45, 2.75) is 44.9 Å². The molecule has 1 heterocycles. The van der Waals surface area contributed by atoms with E-state index in [1.165, 1.54) is 25.7 Å². The van der Waals surface area contributed by atoms with Crippen molar-refractivity contribution in [2.75, 3.05) is 7.11 Å². The van der Waals surface area contributed by atoms with Gasteiger partial charge in [0.25, 0.3) is 11.8 Å². The Morgan fingerprint density at radius 2 is 1.62 bits per heavy atom. The molecule has 1 aliphatic heterocycles. The van der Waals surface area contributed by atoms with Crippen LogP contribution in [0.1, 0.15) is 44.9 Å². The third kappa shape index (κ3) is 4.58. The number of nitrogens with zero attached hydrogens (tertiary/aromatic N) is 1. The zero-order chi connectivity index (χ0) is 15.2. The van der Waals surface area contributed by atoms with Crippen LogP contribution in [0.4, 0.5) is 4.79 Å². The third-order valence-corrected chi connectivity index (χ3v) is 3.98. The molecule has 116 valence electrons. The van der Waals surface area contributed by atoms with Gasteiger partial charge in [0.1, 0.15) is 0 Å². The molecule has 3 aliphatic rings. The molecule has 6 heteroatoms. The maximum atomic E-state index is 10.8. The lowest BCUT2D eigenvalue weighted by Gasteiger charge is -2.10. The first-order valence-corrected chi connectivity index (χ1v) is 7.38. The van der Waals surface area contributed by atoms with Crippen molar-refractivity contribution in [3.63, 3.8) is 0 Å². The van der Waals surface area contributed by atoms with E-state index in [2.05, 4.69) is 21.7 Å². The Bertz CT molecular complexity index is 415. The molecule has 1 saturated heterocycles. The van der Waals surface area contributed by atoms with Gasteiger partial charge in [0, 0.05) is 12.8 Å². The molecule has 0 N–H and O–H groups in total. The molecule has 2 atom stereocenters. The van der Waals surface area contributed by atoms with Gasteiger partial charge in [-0.2, -0.15) is 0 Å². The monoisotopic (exact) mass is 295 g/mol. The highest BCUT2D eigenvalue weighted by atomic mass is 16.8. The summed E-state index contributed by atoms with van der Waals surface area (Å²) < 4.78 is 4.10. The van der Waals surface area contributed by atoms with E-state index in [9.17, 15) is 14.4 Å². The molecular weight excluding hydrogens is 274 g/mol. The van der Waals surface area contributed by atoms with Crippen LogP contribution < -0.4 is 0 Å². The number of hydrogen-bond donors (Lipinski definition) is 0. The molecule has 2 fully saturated rings. The average molecular weight is 295 g/mol. The number of carbonyl (C=O) groups excluding carboxylic acids is 3. The summed E-state index contributed by atoms with van der Waals surface area (Å²) >= 11 is 0. The summed E-state index contributed by atoms with van der Waals surface area (Å²) in [4.78, 5) is 36.3. The van der Waals surface area contributed by atoms with Gasteiger partial charge < -0.3 is 4.74 Å². The number of methoxy groups -OCH3 is 1. The zero-order valence-corrected chi connectivity index (χ0v) is 12.2. The van der Waals surface area contributed by atoms with Crippen molar-refractivity contribution in [1.82, 2.24) is 5.06 Å². The number of ether oxygens (including phenoxy) is 1. The molecule has 6 nitrogen and oxygen atoms in total. The number of amides is 2. The predicted molar refractivity (Wildman–Crippen MR) is 73.8 cm³/mol. The van der Waals surface area contributed by atoms with Crippen LogP contribution in [0.3, 0.4) is 0 Å². The molecule has 0 spiro atoms. The van der Waals surface area contributed by atoms with Crippen molar-refractivity contribution >= 4 is 18.0 Å². The van der Waals surface area contributed by atoms with Gasteiger partial charge >= 0.3 is 6.16 Å². The van der Waals surface area contributed by atoms with Gasteiger partial charge in [-0.1, -0.05) is 17.2 Å². The predicted octanol–water partition coefficient (Wildman–Crippen LogP) is 2.59. The molecule has 0 aromatic heterocycles. The van der Waals surface area contributed by atoms with E-state index >= 15 is 0 Å². The summed E-state index contributed by atoms with van der Waals surface area (Å²) in [7, 11) is 1.09. The fraction of sp³-hybridized carbons (Fsp3) is 0.667. The minimum atomic E-state index is -1.07. The molecule has 0 aromatic rings. The smallest absolute Gasteiger partial charge is 0.436 e. The van der Waals surface area contributed by atoms with Crippen LogP contribution in [0.15, 0.2) is 12.2 Å². The van der Waals surface area contributed by atoms with Gasteiger partial charge in [-0.25, -0.2) is 4.79 Å². The number of allylic oxidation sites excluding steroid dienone is 2. The standard InChI is InChI=1S/C9H14.C6H7NO5/c1-2-4-6-9-7-8(9)5-3-1;1-11-6(10)12-7-4(8)2-3-5(7)9/h1-2,8-9H,3-7H2;2-3H2,1H3/b2-1-;/t8-,9+;. The highest BCUT2D eigenvalue weighted by molar-refractivity contribution is 6.01. The first-order chi connectivity index (χ1) is 10.1. The van der Waals surface area contributed by atoms with Gasteiger partial charge in [-0.05, 0) is 43.9 Å². The largest absolute Gasteiger partial charge is 0.533 e. The Hall–Kier alpha value is -1.85. The van der Waals surface area contributed by atoms with Crippen LogP contribution in [-0.4, -0.2) is 30.1 Å². The average Bonchev–Trinajstić information content (AvgIpc) is 3.11. The van der Waals surface area contributed by atoms with E-state index in [1.807, 2.05) is 0 Å². The molecule has 2 amide bonds. The Balaban J connectivity index is 0.000000159. The molecule has 0 bridgehead atoms. The molecule has 21 heavy (non-hydrogen) atoms. The van der Waals surface area contributed by atoms with Gasteiger partial charge in [0.15, 0.2) is 0 Å². The van der Waals surface area contributed by atoms with Crippen molar-refractivity contribution in [3.8, 4) is 0 Å². The second kappa shape index (κ2) is 7.24. The second-order valence-corrected chi connectivity index (χ2v) is 5.51. The van der Waals surface area contributed by atoms with E-state index in [-0.39, 0.29) is 12.8 Å². The normalized spacial score (nSPS) is 28.5. The van der Waals surface area contributed by atoms with Gasteiger partial charge in [-0.15, -0.1) is 0 Å². The van der Waals surface area contributed by atoms with E-state index in [0.717, 1.165) is 18.9 Å². The summed E-state index contributed by atoms with van der Waals surface area (Å²) in [5, 5.41) is 0.422. The number of imide groups is 1. The lowest BCUT2D eigenvalue weighted by atomic mass is 10.1. The number of hydrogen-bond acceptors (Lipinski definition) is 5. The van der Waals surface area contributed by atoms with Gasteiger partial charge in [0.2, 0.25) is 0 Å². The van der Waals surface area contributed by atoms with E-state index in [4.69, 9.17) is 0 Å². The number of fused-ring (bicyclic) bond motifs is 1. The van der Waals surface area contributed by atoms with Crippen molar-refractivity contribution in [2.24, 2.45) is 11.8 Å². The summed E-state index contributed by atoms with van der Waals surface area (Å²) in [5.41, 5.74) is 0. The lowest BCUT2D eigenvalue weighted by molar-refractivity contribution is -0.176. The van der Waals surface area contributed by atoms with E-state index in [0.29, 0.717) is 5.06 Å². The van der Waals surface area contributed by atoms with E-state index < -0.39 is 18.0 Å². The molecule has 0 radical (unpaired) electrons. The summed E-state index contributed by atoms with van der Waals surface area (Å²) in [5.74, 6) is 1.22. The van der Waals surface area contributed by atoms with Crippen LogP contribution in [0.5, 0.6) is 0 Å². The van der Waals surface area contributed by atoms with E-state index in [1.54, 1.807) is 6.42 Å². The SMILES string of the molecule is C1=C\CC[C@H]2C[C@H]2CC/1.COC(=O)ON1C(=O)CCC1=O. The highest BCUT2D eigenvalue weighted by Gasteiger charge is 2.35. The van der Waals surface area contributed by atoms with Crippen molar-refractivity contribution in [3.05, 3.63) is 12.2 Å². The molecule has 1 saturated carbocycles. The molecule has 0 unspecified atom stereocenters. The first kappa shape index (κ1) is 15.5. The maximum absolute atomic E-state index is 10.8. The minimum Gasteiger partial charge on any atom is -0.436 e. The van der Waals surface area contributed by atoms with Crippen LogP contribution in [0, 0.1) is 11.8 Å². The minimum absolute atomic E-state index is 0.0792. The van der Waals surface area contributed by atoms with Crippen molar-refractivity contribution in [1.29, 1.82) is 0 Å². The first-order valence-electron chi connectivity index (χ1n) is 7.38. The number of carbonyl (C=O) groups is 3.